The monoisotopic (exact) mass is 331 g/mol. The number of aromatic nitrogens is 3. The van der Waals surface area contributed by atoms with Crippen LogP contribution in [-0.4, -0.2) is 33.4 Å². The van der Waals surface area contributed by atoms with Gasteiger partial charge < -0.3 is 20.5 Å². The summed E-state index contributed by atoms with van der Waals surface area (Å²) in [7, 11) is 0. The number of ether oxygens (including phenoxy) is 2. The van der Waals surface area contributed by atoms with E-state index in [4.69, 9.17) is 15.2 Å². The number of fused-ring (bicyclic) bond motifs is 1. The molecule has 9 heteroatoms. The van der Waals surface area contributed by atoms with Gasteiger partial charge in [-0.1, -0.05) is 0 Å². The Morgan fingerprint density at radius 3 is 2.92 bits per heavy atom. The molecule has 3 rings (SSSR count). The summed E-state index contributed by atoms with van der Waals surface area (Å²) in [5.74, 6) is 1.10. The highest BCUT2D eigenvalue weighted by atomic mass is 16.7. The third-order valence-electron chi connectivity index (χ3n) is 3.54. The van der Waals surface area contributed by atoms with Crippen LogP contribution in [0.5, 0.6) is 11.5 Å². The Morgan fingerprint density at radius 1 is 1.38 bits per heavy atom. The number of primary amides is 1. The van der Waals surface area contributed by atoms with Gasteiger partial charge in [0.15, 0.2) is 17.3 Å². The third kappa shape index (κ3) is 3.29. The molecule has 0 aliphatic carbocycles. The molecule has 0 radical (unpaired) electrons. The van der Waals surface area contributed by atoms with Crippen molar-refractivity contribution in [3.63, 3.8) is 0 Å². The average Bonchev–Trinajstić information content (AvgIpc) is 3.18. The van der Waals surface area contributed by atoms with Gasteiger partial charge in [0.25, 0.3) is 0 Å². The number of hydrogen-bond acceptors (Lipinski definition) is 6. The van der Waals surface area contributed by atoms with Crippen LogP contribution in [0.2, 0.25) is 0 Å². The van der Waals surface area contributed by atoms with Crippen LogP contribution in [0.3, 0.4) is 0 Å². The molecule has 0 spiro atoms. The number of carbonyl (C=O) groups is 2. The minimum atomic E-state index is -0.483. The standard InChI is InChI=1S/C15H17N5O4/c1-9(21)19-11(3-5-14(16)22)15-17-7-18-20(15)10-2-4-12-13(6-10)24-8-23-12/h2,4,6-7,11H,3,5,8H2,1H3,(H2,16,22)(H,19,21)/t11-/m0/s1. The minimum absolute atomic E-state index is 0.124. The van der Waals surface area contributed by atoms with Crippen LogP contribution in [0.4, 0.5) is 0 Å². The van der Waals surface area contributed by atoms with Crippen LogP contribution in [0.1, 0.15) is 31.6 Å². The lowest BCUT2D eigenvalue weighted by Gasteiger charge is -2.17. The fraction of sp³-hybridized carbons (Fsp3) is 0.333. The Morgan fingerprint density at radius 2 is 2.17 bits per heavy atom. The van der Waals surface area contributed by atoms with Crippen LogP contribution >= 0.6 is 0 Å². The number of carbonyl (C=O) groups excluding carboxylic acids is 2. The highest BCUT2D eigenvalue weighted by molar-refractivity contribution is 5.75. The van der Waals surface area contributed by atoms with E-state index in [0.717, 1.165) is 0 Å². The number of amides is 2. The maximum atomic E-state index is 11.5. The molecule has 1 aromatic heterocycles. The van der Waals surface area contributed by atoms with E-state index < -0.39 is 11.9 Å². The molecule has 24 heavy (non-hydrogen) atoms. The van der Waals surface area contributed by atoms with Crippen LogP contribution in [0, 0.1) is 0 Å². The molecule has 0 bridgehead atoms. The zero-order chi connectivity index (χ0) is 17.1. The molecule has 0 saturated carbocycles. The van der Waals surface area contributed by atoms with Gasteiger partial charge >= 0.3 is 0 Å². The van der Waals surface area contributed by atoms with Crippen molar-refractivity contribution in [1.29, 1.82) is 0 Å². The SMILES string of the molecule is CC(=O)N[C@@H](CCC(N)=O)c1ncnn1-c1ccc2c(c1)OCO2. The number of nitrogens with zero attached hydrogens (tertiary/aromatic N) is 3. The van der Waals surface area contributed by atoms with Crippen molar-refractivity contribution in [2.75, 3.05) is 6.79 Å². The molecule has 1 aliphatic heterocycles. The Bertz CT molecular complexity index is 773. The van der Waals surface area contributed by atoms with Crippen molar-refractivity contribution in [3.8, 4) is 17.2 Å². The van der Waals surface area contributed by atoms with Crippen molar-refractivity contribution >= 4 is 11.8 Å². The zero-order valence-corrected chi connectivity index (χ0v) is 13.1. The molecule has 0 saturated heterocycles. The van der Waals surface area contributed by atoms with E-state index in [9.17, 15) is 9.59 Å². The van der Waals surface area contributed by atoms with Gasteiger partial charge in [0.1, 0.15) is 6.33 Å². The van der Waals surface area contributed by atoms with Gasteiger partial charge in [0, 0.05) is 19.4 Å². The molecule has 2 amide bonds. The summed E-state index contributed by atoms with van der Waals surface area (Å²) in [5.41, 5.74) is 5.92. The second-order valence-corrected chi connectivity index (χ2v) is 5.33. The summed E-state index contributed by atoms with van der Waals surface area (Å²) in [6.45, 7) is 1.58. The number of hydrogen-bond donors (Lipinski definition) is 2. The van der Waals surface area contributed by atoms with Gasteiger partial charge in [-0.2, -0.15) is 5.10 Å². The smallest absolute Gasteiger partial charge is 0.231 e. The van der Waals surface area contributed by atoms with Crippen molar-refractivity contribution < 1.29 is 19.1 Å². The topological polar surface area (TPSA) is 121 Å². The second kappa shape index (κ2) is 6.57. The number of nitrogens with two attached hydrogens (primary N) is 1. The predicted octanol–water partition coefficient (Wildman–Crippen LogP) is 0.439. The van der Waals surface area contributed by atoms with Crippen LogP contribution in [0.15, 0.2) is 24.5 Å². The maximum Gasteiger partial charge on any atom is 0.231 e. The molecular formula is C15H17N5O4. The molecule has 9 nitrogen and oxygen atoms in total. The first kappa shape index (κ1) is 15.8. The maximum absolute atomic E-state index is 11.5. The number of benzene rings is 1. The molecule has 1 atom stereocenters. The van der Waals surface area contributed by atoms with Crippen molar-refractivity contribution in [1.82, 2.24) is 20.1 Å². The van der Waals surface area contributed by atoms with Crippen molar-refractivity contribution in [3.05, 3.63) is 30.4 Å². The number of rotatable bonds is 6. The first-order valence-corrected chi connectivity index (χ1v) is 7.40. The van der Waals surface area contributed by atoms with Gasteiger partial charge in [-0.15, -0.1) is 0 Å². The molecule has 2 heterocycles. The molecule has 126 valence electrons. The lowest BCUT2D eigenvalue weighted by molar-refractivity contribution is -0.121. The molecular weight excluding hydrogens is 314 g/mol. The quantitative estimate of drug-likeness (QED) is 0.792. The van der Waals surface area contributed by atoms with E-state index in [-0.39, 0.29) is 19.1 Å². The molecule has 0 fully saturated rings. The van der Waals surface area contributed by atoms with Crippen molar-refractivity contribution in [2.45, 2.75) is 25.8 Å². The summed E-state index contributed by atoms with van der Waals surface area (Å²) >= 11 is 0. The van der Waals surface area contributed by atoms with Gasteiger partial charge in [0.05, 0.1) is 11.7 Å². The van der Waals surface area contributed by atoms with Gasteiger partial charge in [-0.25, -0.2) is 9.67 Å². The Kier molecular flexibility index (Phi) is 4.32. The van der Waals surface area contributed by atoms with Crippen LogP contribution < -0.4 is 20.5 Å². The van der Waals surface area contributed by atoms with Gasteiger partial charge in [-0.05, 0) is 18.6 Å². The largest absolute Gasteiger partial charge is 0.454 e. The molecule has 1 aliphatic rings. The fourth-order valence-corrected chi connectivity index (χ4v) is 2.50. The van der Waals surface area contributed by atoms with E-state index in [1.54, 1.807) is 16.8 Å². The van der Waals surface area contributed by atoms with Gasteiger partial charge in [-0.3, -0.25) is 9.59 Å². The normalized spacial score (nSPS) is 13.5. The van der Waals surface area contributed by atoms with Crippen molar-refractivity contribution in [2.24, 2.45) is 5.73 Å². The van der Waals surface area contributed by atoms with Gasteiger partial charge in [0.2, 0.25) is 18.6 Å². The Labute approximate surface area is 137 Å². The molecule has 2 aromatic rings. The summed E-state index contributed by atoms with van der Waals surface area (Å²) < 4.78 is 12.2. The Balaban J connectivity index is 1.91. The molecule has 0 unspecified atom stereocenters. The fourth-order valence-electron chi connectivity index (χ4n) is 2.50. The van der Waals surface area contributed by atoms with E-state index in [0.29, 0.717) is 29.4 Å². The summed E-state index contributed by atoms with van der Waals surface area (Å²) in [6.07, 6.45) is 1.84. The average molecular weight is 331 g/mol. The zero-order valence-electron chi connectivity index (χ0n) is 13.1. The summed E-state index contributed by atoms with van der Waals surface area (Å²) in [6, 6.07) is 4.88. The lowest BCUT2D eigenvalue weighted by atomic mass is 10.1. The lowest BCUT2D eigenvalue weighted by Crippen LogP contribution is -2.29. The highest BCUT2D eigenvalue weighted by Gasteiger charge is 2.22. The molecule has 1 aromatic carbocycles. The summed E-state index contributed by atoms with van der Waals surface area (Å²) in [5, 5.41) is 6.98. The first-order valence-electron chi connectivity index (χ1n) is 7.40. The first-order chi connectivity index (χ1) is 11.5. The Hall–Kier alpha value is -3.10. The van der Waals surface area contributed by atoms with Crippen LogP contribution in [-0.2, 0) is 9.59 Å². The number of nitrogens with one attached hydrogen (secondary N) is 1. The predicted molar refractivity (Wildman–Crippen MR) is 82.5 cm³/mol. The minimum Gasteiger partial charge on any atom is -0.454 e. The highest BCUT2D eigenvalue weighted by Crippen LogP contribution is 2.34. The van der Waals surface area contributed by atoms with E-state index >= 15 is 0 Å². The third-order valence-corrected chi connectivity index (χ3v) is 3.54. The molecule has 3 N–H and O–H groups in total. The van der Waals surface area contributed by atoms with E-state index in [1.165, 1.54) is 13.3 Å². The second-order valence-electron chi connectivity index (χ2n) is 5.33. The van der Waals surface area contributed by atoms with E-state index in [1.807, 2.05) is 6.07 Å². The van der Waals surface area contributed by atoms with E-state index in [2.05, 4.69) is 15.4 Å². The van der Waals surface area contributed by atoms with Crippen LogP contribution in [0.25, 0.3) is 5.69 Å². The summed E-state index contributed by atoms with van der Waals surface area (Å²) in [4.78, 5) is 26.8.